The van der Waals surface area contributed by atoms with E-state index in [-0.39, 0.29) is 11.8 Å². The molecule has 0 unspecified atom stereocenters. The van der Waals surface area contributed by atoms with Gasteiger partial charge >= 0.3 is 0 Å². The van der Waals surface area contributed by atoms with Gasteiger partial charge in [-0.3, -0.25) is 4.79 Å². The van der Waals surface area contributed by atoms with Crippen LogP contribution < -0.4 is 5.32 Å². The van der Waals surface area contributed by atoms with Crippen LogP contribution in [0.25, 0.3) is 0 Å². The number of hydrogen-bond donors (Lipinski definition) is 1. The first-order valence-corrected chi connectivity index (χ1v) is 5.83. The summed E-state index contributed by atoms with van der Waals surface area (Å²) in [7, 11) is 0. The lowest BCUT2D eigenvalue weighted by atomic mass is 10.1. The van der Waals surface area contributed by atoms with Crippen LogP contribution in [0.15, 0.2) is 29.0 Å². The lowest BCUT2D eigenvalue weighted by Gasteiger charge is -2.08. The van der Waals surface area contributed by atoms with E-state index in [0.29, 0.717) is 16.5 Å². The molecule has 0 fully saturated rings. The molecule has 1 N–H and O–H groups in total. The molecule has 94 valence electrons. The first-order chi connectivity index (χ1) is 8.56. The van der Waals surface area contributed by atoms with Crippen molar-refractivity contribution < 1.29 is 9.32 Å². The van der Waals surface area contributed by atoms with E-state index in [9.17, 15) is 4.79 Å². The Kier molecular flexibility index (Phi) is 3.62. The van der Waals surface area contributed by atoms with Gasteiger partial charge in [-0.05, 0) is 18.1 Å². The van der Waals surface area contributed by atoms with Crippen LogP contribution >= 0.6 is 11.6 Å². The van der Waals surface area contributed by atoms with E-state index in [4.69, 9.17) is 11.6 Å². The maximum Gasteiger partial charge on any atom is 0.257 e. The Hall–Kier alpha value is -1.88. The van der Waals surface area contributed by atoms with Gasteiger partial charge in [-0.2, -0.15) is 0 Å². The van der Waals surface area contributed by atoms with E-state index in [0.717, 1.165) is 5.69 Å². The zero-order chi connectivity index (χ0) is 13.1. The largest absolute Gasteiger partial charge is 0.363 e. The highest BCUT2D eigenvalue weighted by molar-refractivity contribution is 6.29. The summed E-state index contributed by atoms with van der Waals surface area (Å²) in [6.07, 6.45) is 1.38. The highest BCUT2D eigenvalue weighted by Crippen LogP contribution is 2.18. The molecule has 2 rings (SSSR count). The fourth-order valence-electron chi connectivity index (χ4n) is 1.41. The lowest BCUT2D eigenvalue weighted by Crippen LogP contribution is -2.13. The molecule has 0 saturated heterocycles. The summed E-state index contributed by atoms with van der Waals surface area (Å²) in [6.45, 7) is 3.97. The second kappa shape index (κ2) is 5.18. The Balaban J connectivity index is 2.24. The molecule has 1 amide bonds. The molecule has 0 aliphatic carbocycles. The van der Waals surface area contributed by atoms with E-state index in [1.807, 2.05) is 13.8 Å². The minimum atomic E-state index is -0.296. The minimum absolute atomic E-state index is 0.197. The Labute approximate surface area is 109 Å². The SMILES string of the molecule is CC(C)c1cc(C(=O)Nc2ccon2)cc(Cl)n1. The number of nitrogens with one attached hydrogen (secondary N) is 1. The second-order valence-electron chi connectivity index (χ2n) is 4.10. The summed E-state index contributed by atoms with van der Waals surface area (Å²) in [5, 5.41) is 6.51. The Morgan fingerprint density at radius 2 is 2.22 bits per heavy atom. The molecule has 5 nitrogen and oxygen atoms in total. The van der Waals surface area contributed by atoms with Gasteiger partial charge in [0.15, 0.2) is 5.82 Å². The topological polar surface area (TPSA) is 68.0 Å². The maximum absolute atomic E-state index is 12.0. The molecule has 18 heavy (non-hydrogen) atoms. The zero-order valence-corrected chi connectivity index (χ0v) is 10.7. The first kappa shape index (κ1) is 12.6. The molecule has 2 aromatic heterocycles. The van der Waals surface area contributed by atoms with Crippen molar-refractivity contribution in [3.63, 3.8) is 0 Å². The molecular formula is C12H12ClN3O2. The van der Waals surface area contributed by atoms with Crippen LogP contribution in [0.5, 0.6) is 0 Å². The van der Waals surface area contributed by atoms with E-state index in [1.54, 1.807) is 12.1 Å². The van der Waals surface area contributed by atoms with Gasteiger partial charge in [-0.25, -0.2) is 4.98 Å². The van der Waals surface area contributed by atoms with Crippen LogP contribution in [-0.2, 0) is 0 Å². The predicted molar refractivity (Wildman–Crippen MR) is 67.8 cm³/mol. The first-order valence-electron chi connectivity index (χ1n) is 5.45. The number of rotatable bonds is 3. The van der Waals surface area contributed by atoms with Gasteiger partial charge in [-0.15, -0.1) is 0 Å². The summed E-state index contributed by atoms with van der Waals surface area (Å²) in [5.74, 6) is 0.261. The lowest BCUT2D eigenvalue weighted by molar-refractivity contribution is 0.102. The van der Waals surface area contributed by atoms with Crippen molar-refractivity contribution in [2.24, 2.45) is 0 Å². The highest BCUT2D eigenvalue weighted by Gasteiger charge is 2.12. The molecule has 0 aliphatic rings. The van der Waals surface area contributed by atoms with Gasteiger partial charge in [0.25, 0.3) is 5.91 Å². The predicted octanol–water partition coefficient (Wildman–Crippen LogP) is 3.10. The zero-order valence-electron chi connectivity index (χ0n) is 9.98. The standard InChI is InChI=1S/C12H12ClN3O2/c1-7(2)9-5-8(6-10(13)14-9)12(17)15-11-3-4-18-16-11/h3-7H,1-2H3,(H,15,16,17). The molecule has 0 aliphatic heterocycles. The summed E-state index contributed by atoms with van der Waals surface area (Å²) in [6, 6.07) is 4.79. The fraction of sp³-hybridized carbons (Fsp3) is 0.250. The van der Waals surface area contributed by atoms with Crippen LogP contribution in [0.2, 0.25) is 5.15 Å². The molecule has 0 aromatic carbocycles. The van der Waals surface area contributed by atoms with Gasteiger partial charge in [0.1, 0.15) is 11.4 Å². The van der Waals surface area contributed by atoms with Gasteiger partial charge in [0, 0.05) is 17.3 Å². The highest BCUT2D eigenvalue weighted by atomic mass is 35.5. The third-order valence-electron chi connectivity index (χ3n) is 2.35. The average Bonchev–Trinajstić information content (AvgIpc) is 2.80. The number of anilines is 1. The number of aromatic nitrogens is 2. The number of pyridine rings is 1. The molecule has 0 spiro atoms. The molecule has 2 heterocycles. The Morgan fingerprint density at radius 3 is 2.83 bits per heavy atom. The number of halogens is 1. The van der Waals surface area contributed by atoms with Crippen LogP contribution in [-0.4, -0.2) is 16.0 Å². The Bertz CT molecular complexity index is 552. The van der Waals surface area contributed by atoms with Gasteiger partial charge in [-0.1, -0.05) is 30.6 Å². The quantitative estimate of drug-likeness (QED) is 0.866. The van der Waals surface area contributed by atoms with Crippen molar-refractivity contribution in [2.75, 3.05) is 5.32 Å². The summed E-state index contributed by atoms with van der Waals surface area (Å²) in [4.78, 5) is 16.1. The summed E-state index contributed by atoms with van der Waals surface area (Å²) >= 11 is 5.89. The van der Waals surface area contributed by atoms with Crippen molar-refractivity contribution in [3.8, 4) is 0 Å². The van der Waals surface area contributed by atoms with E-state index >= 15 is 0 Å². The molecule has 0 saturated carbocycles. The van der Waals surface area contributed by atoms with Crippen molar-refractivity contribution >= 4 is 23.3 Å². The summed E-state index contributed by atoms with van der Waals surface area (Å²) in [5.41, 5.74) is 1.22. The number of hydrogen-bond acceptors (Lipinski definition) is 4. The van der Waals surface area contributed by atoms with Crippen LogP contribution in [0.1, 0.15) is 35.8 Å². The van der Waals surface area contributed by atoms with Crippen molar-refractivity contribution in [1.82, 2.24) is 10.1 Å². The van der Waals surface area contributed by atoms with Gasteiger partial charge < -0.3 is 9.84 Å². The number of amides is 1. The van der Waals surface area contributed by atoms with Crippen LogP contribution in [0.3, 0.4) is 0 Å². The molecular weight excluding hydrogens is 254 g/mol. The minimum Gasteiger partial charge on any atom is -0.363 e. The molecule has 2 aromatic rings. The van der Waals surface area contributed by atoms with E-state index in [2.05, 4.69) is 20.0 Å². The van der Waals surface area contributed by atoms with Crippen LogP contribution in [0, 0.1) is 0 Å². The van der Waals surface area contributed by atoms with Crippen molar-refractivity contribution in [3.05, 3.63) is 40.9 Å². The maximum atomic E-state index is 12.0. The number of carbonyl (C=O) groups is 1. The van der Waals surface area contributed by atoms with Gasteiger partial charge in [0.2, 0.25) is 0 Å². The third-order valence-corrected chi connectivity index (χ3v) is 2.54. The van der Waals surface area contributed by atoms with Crippen molar-refractivity contribution in [1.29, 1.82) is 0 Å². The molecule has 0 radical (unpaired) electrons. The average molecular weight is 266 g/mol. The summed E-state index contributed by atoms with van der Waals surface area (Å²) < 4.78 is 4.63. The van der Waals surface area contributed by atoms with Crippen LogP contribution in [0.4, 0.5) is 5.82 Å². The second-order valence-corrected chi connectivity index (χ2v) is 4.48. The van der Waals surface area contributed by atoms with E-state index in [1.165, 1.54) is 12.3 Å². The Morgan fingerprint density at radius 1 is 1.44 bits per heavy atom. The van der Waals surface area contributed by atoms with Gasteiger partial charge in [0.05, 0.1) is 0 Å². The van der Waals surface area contributed by atoms with E-state index < -0.39 is 0 Å². The van der Waals surface area contributed by atoms with Crippen molar-refractivity contribution in [2.45, 2.75) is 19.8 Å². The molecule has 6 heteroatoms. The monoisotopic (exact) mass is 265 g/mol. The normalized spacial score (nSPS) is 10.7. The number of nitrogens with zero attached hydrogens (tertiary/aromatic N) is 2. The molecule has 0 bridgehead atoms. The smallest absolute Gasteiger partial charge is 0.257 e. The fourth-order valence-corrected chi connectivity index (χ4v) is 1.62. The third kappa shape index (κ3) is 2.87. The molecule has 0 atom stereocenters. The number of carbonyl (C=O) groups excluding carboxylic acids is 1.